The number of nitrogens with one attached hydrogen (secondary N) is 1. The first kappa shape index (κ1) is 15.1. The van der Waals surface area contributed by atoms with Gasteiger partial charge in [-0.3, -0.25) is 4.79 Å². The van der Waals surface area contributed by atoms with Crippen molar-refractivity contribution in [2.24, 2.45) is 0 Å². The lowest BCUT2D eigenvalue weighted by atomic mass is 10.2. The molecule has 0 saturated heterocycles. The molecule has 2 N–H and O–H groups in total. The fraction of sp³-hybridized carbons (Fsp3) is 0.0588. The molecule has 3 rings (SSSR count). The van der Waals surface area contributed by atoms with Crippen LogP contribution in [-0.2, 0) is 4.79 Å². The summed E-state index contributed by atoms with van der Waals surface area (Å²) in [5, 5.41) is 13.0. The zero-order valence-electron chi connectivity index (χ0n) is 12.2. The lowest BCUT2D eigenvalue weighted by molar-refractivity contribution is -0.103. The molecule has 0 amide bonds. The Labute approximate surface area is 137 Å². The number of aromatic nitrogens is 1. The number of aldehydes is 1. The normalized spacial score (nSPS) is 11.7. The third-order valence-electron chi connectivity index (χ3n) is 3.32. The number of hydrogen-bond acceptors (Lipinski definition) is 5. The van der Waals surface area contributed by atoms with Crippen LogP contribution < -0.4 is 5.32 Å². The van der Waals surface area contributed by atoms with Crippen LogP contribution in [0.4, 0.5) is 5.69 Å². The summed E-state index contributed by atoms with van der Waals surface area (Å²) in [6.07, 6.45) is 2.17. The van der Waals surface area contributed by atoms with E-state index in [9.17, 15) is 9.90 Å². The molecule has 1 aromatic heterocycles. The smallest absolute Gasteiger partial charge is 0.232 e. The highest BCUT2D eigenvalue weighted by Crippen LogP contribution is 2.24. The van der Waals surface area contributed by atoms with Crippen molar-refractivity contribution in [1.82, 2.24) is 4.98 Å². The number of benzene rings is 2. The van der Waals surface area contributed by atoms with E-state index < -0.39 is 0 Å². The number of phenols is 1. The number of fused-ring (bicyclic) bond motifs is 1. The van der Waals surface area contributed by atoms with Gasteiger partial charge in [0.15, 0.2) is 11.9 Å². The first-order valence-electron chi connectivity index (χ1n) is 6.85. The number of aromatic hydroxyl groups is 1. The molecule has 0 spiro atoms. The van der Waals surface area contributed by atoms with Crippen molar-refractivity contribution in [2.75, 3.05) is 5.32 Å². The number of halogens is 1. The van der Waals surface area contributed by atoms with E-state index in [2.05, 4.69) is 10.3 Å². The van der Waals surface area contributed by atoms with Gasteiger partial charge in [-0.15, -0.1) is 0 Å². The first-order valence-corrected chi connectivity index (χ1v) is 7.22. The van der Waals surface area contributed by atoms with Gasteiger partial charge in [-0.1, -0.05) is 11.6 Å². The zero-order chi connectivity index (χ0) is 16.4. The zero-order valence-corrected chi connectivity index (χ0v) is 13.0. The number of oxazole rings is 1. The predicted molar refractivity (Wildman–Crippen MR) is 89.5 cm³/mol. The SMILES string of the molecule is Cc1cc(O)ccc1NC=C(C=O)c1nc2cc(Cl)ccc2o1. The van der Waals surface area contributed by atoms with Gasteiger partial charge in [0.1, 0.15) is 11.3 Å². The number of carbonyl (C=O) groups is 1. The molecule has 0 aliphatic rings. The van der Waals surface area contributed by atoms with Crippen molar-refractivity contribution >= 4 is 40.2 Å². The van der Waals surface area contributed by atoms with Gasteiger partial charge in [0, 0.05) is 16.9 Å². The maximum Gasteiger partial charge on any atom is 0.232 e. The van der Waals surface area contributed by atoms with Crippen molar-refractivity contribution < 1.29 is 14.3 Å². The van der Waals surface area contributed by atoms with Crippen LogP contribution in [0.3, 0.4) is 0 Å². The molecule has 0 bridgehead atoms. The second kappa shape index (κ2) is 6.14. The van der Waals surface area contributed by atoms with Crippen LogP contribution in [0.2, 0.25) is 5.02 Å². The van der Waals surface area contributed by atoms with Gasteiger partial charge in [-0.05, 0) is 48.9 Å². The quantitative estimate of drug-likeness (QED) is 0.427. The van der Waals surface area contributed by atoms with Crippen LogP contribution in [0.1, 0.15) is 11.5 Å². The van der Waals surface area contributed by atoms with Gasteiger partial charge in [-0.25, -0.2) is 4.98 Å². The number of carbonyl (C=O) groups excluding carboxylic acids is 1. The summed E-state index contributed by atoms with van der Waals surface area (Å²) in [4.78, 5) is 15.6. The molecule has 116 valence electrons. The number of phenolic OH excluding ortho intramolecular Hbond substituents is 1. The minimum absolute atomic E-state index is 0.184. The summed E-state index contributed by atoms with van der Waals surface area (Å²) in [6, 6.07) is 9.97. The highest BCUT2D eigenvalue weighted by atomic mass is 35.5. The molecule has 5 nitrogen and oxygen atoms in total. The minimum atomic E-state index is 0.184. The van der Waals surface area contributed by atoms with Crippen LogP contribution in [0, 0.1) is 6.92 Å². The van der Waals surface area contributed by atoms with Gasteiger partial charge in [0.25, 0.3) is 0 Å². The standard InChI is InChI=1S/C17H13ClN2O3/c1-10-6-13(22)3-4-14(10)19-8-11(9-21)17-20-15-7-12(18)2-5-16(15)23-17/h2-9,19,22H,1H3. The molecule has 0 fully saturated rings. The monoisotopic (exact) mass is 328 g/mol. The van der Waals surface area contributed by atoms with Crippen LogP contribution in [0.5, 0.6) is 5.75 Å². The molecule has 0 aliphatic carbocycles. The maximum absolute atomic E-state index is 11.3. The Morgan fingerprint density at radius 2 is 2.13 bits per heavy atom. The number of allylic oxidation sites excluding steroid dienone is 1. The average molecular weight is 329 g/mol. The van der Waals surface area contributed by atoms with E-state index in [1.165, 1.54) is 6.20 Å². The van der Waals surface area contributed by atoms with Crippen LogP contribution in [0.25, 0.3) is 16.7 Å². The Morgan fingerprint density at radius 3 is 2.87 bits per heavy atom. The lowest BCUT2D eigenvalue weighted by Gasteiger charge is -2.06. The van der Waals surface area contributed by atoms with Gasteiger partial charge < -0.3 is 14.8 Å². The molecule has 0 saturated carbocycles. The van der Waals surface area contributed by atoms with E-state index in [0.29, 0.717) is 22.4 Å². The lowest BCUT2D eigenvalue weighted by Crippen LogP contribution is -1.95. The fourth-order valence-corrected chi connectivity index (χ4v) is 2.30. The molecule has 0 unspecified atom stereocenters. The van der Waals surface area contributed by atoms with E-state index in [1.54, 1.807) is 36.4 Å². The van der Waals surface area contributed by atoms with Crippen molar-refractivity contribution in [3.8, 4) is 5.75 Å². The molecule has 1 heterocycles. The maximum atomic E-state index is 11.3. The first-order chi connectivity index (χ1) is 11.1. The predicted octanol–water partition coefficient (Wildman–Crippen LogP) is 4.15. The van der Waals surface area contributed by atoms with E-state index in [4.69, 9.17) is 16.0 Å². The molecule has 6 heteroatoms. The van der Waals surface area contributed by atoms with E-state index in [-0.39, 0.29) is 17.2 Å². The number of hydrogen-bond donors (Lipinski definition) is 2. The van der Waals surface area contributed by atoms with Crippen LogP contribution in [0.15, 0.2) is 47.0 Å². The van der Waals surface area contributed by atoms with Gasteiger partial charge >= 0.3 is 0 Å². The third-order valence-corrected chi connectivity index (χ3v) is 3.55. The van der Waals surface area contributed by atoms with Gasteiger partial charge in [0.05, 0.1) is 5.57 Å². The molecular weight excluding hydrogens is 316 g/mol. The van der Waals surface area contributed by atoms with E-state index >= 15 is 0 Å². The highest BCUT2D eigenvalue weighted by molar-refractivity contribution is 6.31. The minimum Gasteiger partial charge on any atom is -0.508 e. The molecule has 23 heavy (non-hydrogen) atoms. The summed E-state index contributed by atoms with van der Waals surface area (Å²) in [6.45, 7) is 1.85. The van der Waals surface area contributed by atoms with Crippen molar-refractivity contribution in [3.63, 3.8) is 0 Å². The van der Waals surface area contributed by atoms with Crippen molar-refractivity contribution in [3.05, 3.63) is 59.1 Å². The second-order valence-electron chi connectivity index (χ2n) is 4.99. The summed E-state index contributed by atoms with van der Waals surface area (Å²) >= 11 is 5.91. The summed E-state index contributed by atoms with van der Waals surface area (Å²) in [5.41, 5.74) is 3.01. The van der Waals surface area contributed by atoms with Gasteiger partial charge in [-0.2, -0.15) is 0 Å². The molecule has 0 atom stereocenters. The largest absolute Gasteiger partial charge is 0.508 e. The highest BCUT2D eigenvalue weighted by Gasteiger charge is 2.11. The van der Waals surface area contributed by atoms with Crippen molar-refractivity contribution in [2.45, 2.75) is 6.92 Å². The Balaban J connectivity index is 1.92. The number of rotatable bonds is 4. The van der Waals surface area contributed by atoms with Crippen LogP contribution in [-0.4, -0.2) is 16.4 Å². The average Bonchev–Trinajstić information content (AvgIpc) is 2.92. The fourth-order valence-electron chi connectivity index (χ4n) is 2.14. The molecule has 0 aliphatic heterocycles. The molecular formula is C17H13ClN2O3. The Kier molecular flexibility index (Phi) is 4.04. The molecule has 0 radical (unpaired) electrons. The second-order valence-corrected chi connectivity index (χ2v) is 5.43. The Morgan fingerprint density at radius 1 is 1.30 bits per heavy atom. The molecule has 2 aromatic carbocycles. The Bertz CT molecular complexity index is 915. The van der Waals surface area contributed by atoms with Crippen molar-refractivity contribution in [1.29, 1.82) is 0 Å². The third kappa shape index (κ3) is 3.19. The van der Waals surface area contributed by atoms with Gasteiger partial charge in [0.2, 0.25) is 5.89 Å². The summed E-state index contributed by atoms with van der Waals surface area (Å²) in [7, 11) is 0. The van der Waals surface area contributed by atoms with Crippen LogP contribution >= 0.6 is 11.6 Å². The summed E-state index contributed by atoms with van der Waals surface area (Å²) in [5.74, 6) is 0.393. The number of aryl methyl sites for hydroxylation is 1. The molecule has 3 aromatic rings. The van der Waals surface area contributed by atoms with E-state index in [1.807, 2.05) is 6.92 Å². The topological polar surface area (TPSA) is 75.4 Å². The Hall–Kier alpha value is -2.79. The van der Waals surface area contributed by atoms with E-state index in [0.717, 1.165) is 11.3 Å². The number of nitrogens with zero attached hydrogens (tertiary/aromatic N) is 1. The summed E-state index contributed by atoms with van der Waals surface area (Å²) < 4.78 is 5.56. The number of anilines is 1.